The number of benzene rings is 5. The number of hydrogen-bond donors (Lipinski definition) is 0. The lowest BCUT2D eigenvalue weighted by Gasteiger charge is -2.40. The van der Waals surface area contributed by atoms with Crippen LogP contribution in [0.1, 0.15) is 96.8 Å². The summed E-state index contributed by atoms with van der Waals surface area (Å²) in [5.74, 6) is 0. The molecule has 3 aliphatic carbocycles. The smallest absolute Gasteiger partial charge is 0.243 e. The van der Waals surface area contributed by atoms with E-state index in [9.17, 15) is 0 Å². The molecule has 0 bridgehead atoms. The van der Waals surface area contributed by atoms with Crippen molar-refractivity contribution in [3.63, 3.8) is 0 Å². The van der Waals surface area contributed by atoms with Gasteiger partial charge in [0, 0.05) is 40.9 Å². The third kappa shape index (κ3) is 8.82. The molecule has 0 N–H and O–H groups in total. The highest BCUT2D eigenvalue weighted by molar-refractivity contribution is 6.94. The summed E-state index contributed by atoms with van der Waals surface area (Å²) < 4.78 is 0. The van der Waals surface area contributed by atoms with Crippen LogP contribution >= 0.6 is 0 Å². The Balaban J connectivity index is 0.000000522. The average molecular weight is 813 g/mol. The minimum absolute atomic E-state index is 0.0580. The van der Waals surface area contributed by atoms with Crippen LogP contribution in [0.5, 0.6) is 0 Å². The summed E-state index contributed by atoms with van der Waals surface area (Å²) in [6.07, 6.45) is 27.7. The van der Waals surface area contributed by atoms with E-state index >= 15 is 0 Å². The van der Waals surface area contributed by atoms with Crippen LogP contribution in [0.15, 0.2) is 193 Å². The monoisotopic (exact) mass is 813 g/mol. The summed E-state index contributed by atoms with van der Waals surface area (Å²) in [6, 6.07) is 42.9. The predicted octanol–water partition coefficient (Wildman–Crippen LogP) is 15.1. The molecule has 0 atom stereocenters. The van der Waals surface area contributed by atoms with Crippen molar-refractivity contribution in [3.8, 4) is 11.1 Å². The Hall–Kier alpha value is -6.06. The SMILES string of the molecule is C1=CCCC=C1.C=C/C=C1/CC/C(N(c2ccc(-c3ccccc3)cc2)c2ccc3c(c2)C(C)(C)C2=C(CCC=C2)C3)=C\c2cccc3c2B1c1ccccc1N3C.CC.CC. The van der Waals surface area contributed by atoms with Gasteiger partial charge in [0.1, 0.15) is 0 Å². The molecular weight excluding hydrogens is 747 g/mol. The van der Waals surface area contributed by atoms with Crippen molar-refractivity contribution in [1.82, 2.24) is 0 Å². The zero-order chi connectivity index (χ0) is 43.6. The Morgan fingerprint density at radius 2 is 1.35 bits per heavy atom. The van der Waals surface area contributed by atoms with E-state index in [1.165, 1.54) is 97.5 Å². The minimum atomic E-state index is -0.0580. The van der Waals surface area contributed by atoms with Gasteiger partial charge in [0.25, 0.3) is 0 Å². The van der Waals surface area contributed by atoms with Crippen molar-refractivity contribution in [3.05, 3.63) is 209 Å². The molecular formula is C59H65BN2. The molecule has 62 heavy (non-hydrogen) atoms. The maximum atomic E-state index is 4.19. The molecule has 3 heteroatoms. The fourth-order valence-electron chi connectivity index (χ4n) is 10.0. The second-order valence-electron chi connectivity index (χ2n) is 16.7. The van der Waals surface area contributed by atoms with E-state index in [2.05, 4.69) is 201 Å². The van der Waals surface area contributed by atoms with Crippen molar-refractivity contribution in [2.24, 2.45) is 0 Å². The van der Waals surface area contributed by atoms with Gasteiger partial charge in [-0.25, -0.2) is 0 Å². The van der Waals surface area contributed by atoms with Crippen LogP contribution in [0, 0.1) is 0 Å². The van der Waals surface area contributed by atoms with Crippen LogP contribution in [0.3, 0.4) is 0 Å². The number of fused-ring (bicyclic) bond motifs is 3. The standard InChI is InChI=1S/C49H45BN2.C6H8.2C2H6/c1-5-14-39-26-30-41(32-38-18-13-22-47-48(38)50(39)45-20-11-12-21-46(45)51(47)4)52(40-27-23-35(24-28-40)34-15-7-6-8-16-34)42-29-25-37-31-36-17-9-10-19-43(36)49(2,3)44(37)33-42;1-2-4-6-5-3-1;2*1-2/h5-8,10-16,18-25,27-29,32-33H,1,9,17,26,30-31H2,2-4H3;1-4H,5-6H2;2*1-2H3/b39-14-,41-32+;;;. The lowest BCUT2D eigenvalue weighted by molar-refractivity contribution is 0.592. The zero-order valence-electron chi connectivity index (χ0n) is 38.3. The van der Waals surface area contributed by atoms with Crippen LogP contribution in [-0.2, 0) is 11.8 Å². The summed E-state index contributed by atoms with van der Waals surface area (Å²) in [5.41, 5.74) is 20.1. The van der Waals surface area contributed by atoms with E-state index in [0.717, 1.165) is 25.7 Å². The summed E-state index contributed by atoms with van der Waals surface area (Å²) in [7, 11) is 2.21. The van der Waals surface area contributed by atoms with E-state index in [-0.39, 0.29) is 12.1 Å². The first-order valence-electron chi connectivity index (χ1n) is 23.2. The van der Waals surface area contributed by atoms with Crippen LogP contribution in [0.25, 0.3) is 17.2 Å². The maximum Gasteiger partial charge on any atom is 0.243 e. The van der Waals surface area contributed by atoms with Crippen LogP contribution in [0.4, 0.5) is 22.7 Å². The van der Waals surface area contributed by atoms with Gasteiger partial charge in [-0.2, -0.15) is 0 Å². The largest absolute Gasteiger partial charge is 0.345 e. The zero-order valence-corrected chi connectivity index (χ0v) is 38.3. The molecule has 0 amide bonds. The minimum Gasteiger partial charge on any atom is -0.345 e. The van der Waals surface area contributed by atoms with Crippen molar-refractivity contribution < 1.29 is 0 Å². The molecule has 0 saturated carbocycles. The molecule has 2 heterocycles. The van der Waals surface area contributed by atoms with E-state index < -0.39 is 0 Å². The maximum absolute atomic E-state index is 4.19. The topological polar surface area (TPSA) is 6.48 Å². The summed E-state index contributed by atoms with van der Waals surface area (Å²) >= 11 is 0. The number of para-hydroxylation sites is 1. The Kier molecular flexibility index (Phi) is 14.3. The second-order valence-corrected chi connectivity index (χ2v) is 16.7. The Labute approximate surface area is 374 Å². The van der Waals surface area contributed by atoms with Gasteiger partial charge in [0.15, 0.2) is 0 Å². The molecule has 0 spiro atoms. The van der Waals surface area contributed by atoms with Crippen molar-refractivity contribution in [1.29, 1.82) is 0 Å². The van der Waals surface area contributed by atoms with Crippen LogP contribution in [-0.4, -0.2) is 13.8 Å². The van der Waals surface area contributed by atoms with E-state index in [0.29, 0.717) is 0 Å². The number of anilines is 4. The van der Waals surface area contributed by atoms with Crippen LogP contribution < -0.4 is 20.7 Å². The van der Waals surface area contributed by atoms with Crippen molar-refractivity contribution in [2.45, 2.75) is 91.9 Å². The van der Waals surface area contributed by atoms with E-state index in [1.54, 1.807) is 5.57 Å². The summed E-state index contributed by atoms with van der Waals surface area (Å²) in [4.78, 5) is 4.91. The molecule has 0 saturated heterocycles. The molecule has 0 radical (unpaired) electrons. The highest BCUT2D eigenvalue weighted by Crippen LogP contribution is 2.47. The second kappa shape index (κ2) is 20.2. The number of allylic oxidation sites excluding steroid dienone is 12. The highest BCUT2D eigenvalue weighted by atomic mass is 15.1. The Bertz CT molecular complexity index is 2530. The van der Waals surface area contributed by atoms with Gasteiger partial charge in [-0.05, 0) is 132 Å². The fraction of sp³-hybridized carbons (Fsp3) is 0.254. The summed E-state index contributed by atoms with van der Waals surface area (Å²) in [6.45, 7) is 17.2. The molecule has 10 rings (SSSR count). The van der Waals surface area contributed by atoms with Gasteiger partial charge in [0.2, 0.25) is 6.71 Å². The molecule has 0 unspecified atom stereocenters. The lowest BCUT2D eigenvalue weighted by atomic mass is 9.33. The molecule has 2 nitrogen and oxygen atoms in total. The van der Waals surface area contributed by atoms with Crippen molar-refractivity contribution in [2.75, 3.05) is 16.8 Å². The van der Waals surface area contributed by atoms with Gasteiger partial charge >= 0.3 is 0 Å². The molecule has 5 aromatic rings. The van der Waals surface area contributed by atoms with Gasteiger partial charge in [-0.3, -0.25) is 0 Å². The van der Waals surface area contributed by atoms with Crippen molar-refractivity contribution >= 4 is 46.5 Å². The quantitative estimate of drug-likeness (QED) is 0.163. The molecule has 2 aliphatic heterocycles. The number of hydrogen-bond acceptors (Lipinski definition) is 2. The Morgan fingerprint density at radius 3 is 2.06 bits per heavy atom. The first-order valence-corrected chi connectivity index (χ1v) is 23.2. The van der Waals surface area contributed by atoms with Gasteiger partial charge < -0.3 is 9.80 Å². The van der Waals surface area contributed by atoms with Gasteiger partial charge in [0.05, 0.1) is 0 Å². The molecule has 5 aliphatic rings. The highest BCUT2D eigenvalue weighted by Gasteiger charge is 2.38. The average Bonchev–Trinajstić information content (AvgIpc) is 3.33. The molecule has 0 aromatic heterocycles. The first-order chi connectivity index (χ1) is 30.4. The molecule has 5 aromatic carbocycles. The van der Waals surface area contributed by atoms with E-state index in [1.807, 2.05) is 33.8 Å². The third-order valence-electron chi connectivity index (χ3n) is 12.9. The van der Waals surface area contributed by atoms with Gasteiger partial charge in [-0.1, -0.05) is 187 Å². The van der Waals surface area contributed by atoms with E-state index in [4.69, 9.17) is 0 Å². The summed E-state index contributed by atoms with van der Waals surface area (Å²) in [5, 5.41) is 0. The van der Waals surface area contributed by atoms with Gasteiger partial charge in [-0.15, -0.1) is 0 Å². The molecule has 314 valence electrons. The normalized spacial score (nSPS) is 17.7. The lowest BCUT2D eigenvalue weighted by Crippen LogP contribution is -2.53. The predicted molar refractivity (Wildman–Crippen MR) is 274 cm³/mol. The number of rotatable bonds is 5. The third-order valence-corrected chi connectivity index (χ3v) is 12.9. The Morgan fingerprint density at radius 1 is 0.677 bits per heavy atom. The first kappa shape index (κ1) is 44.0. The van der Waals surface area contributed by atoms with Crippen LogP contribution in [0.2, 0.25) is 0 Å². The number of nitrogens with zero attached hydrogens (tertiary/aromatic N) is 2. The molecule has 0 fully saturated rings. The fourth-order valence-corrected chi connectivity index (χ4v) is 10.0.